The number of fused-ring (bicyclic) bond motifs is 1. The average Bonchev–Trinajstić information content (AvgIpc) is 3.30. The maximum atomic E-state index is 12.9. The second-order valence-electron chi connectivity index (χ2n) is 9.64. The van der Waals surface area contributed by atoms with Crippen molar-refractivity contribution < 1.29 is 14.3 Å². The van der Waals surface area contributed by atoms with Gasteiger partial charge in [-0.15, -0.1) is 0 Å². The van der Waals surface area contributed by atoms with E-state index in [-0.39, 0.29) is 30.7 Å². The molecule has 3 unspecified atom stereocenters. The zero-order valence-corrected chi connectivity index (χ0v) is 20.1. The molecule has 176 valence electrons. The van der Waals surface area contributed by atoms with Crippen LogP contribution >= 0.6 is 0 Å². The molecule has 0 aromatic heterocycles. The molecule has 0 saturated carbocycles. The van der Waals surface area contributed by atoms with Crippen molar-refractivity contribution in [1.82, 2.24) is 4.90 Å². The average molecular weight is 456 g/mol. The number of benzene rings is 3. The number of hydrogen-bond donors (Lipinski definition) is 0. The lowest BCUT2D eigenvalue weighted by Crippen LogP contribution is -2.50. The van der Waals surface area contributed by atoms with Gasteiger partial charge in [0.1, 0.15) is 25.1 Å². The Morgan fingerprint density at radius 1 is 0.971 bits per heavy atom. The molecule has 1 amide bonds. The topological polar surface area (TPSA) is 38.8 Å². The molecule has 2 saturated heterocycles. The summed E-state index contributed by atoms with van der Waals surface area (Å²) < 4.78 is 12.0. The van der Waals surface area contributed by atoms with E-state index in [1.807, 2.05) is 30.3 Å². The molecule has 3 aromatic carbocycles. The molecule has 2 fully saturated rings. The molecule has 2 aliphatic rings. The third kappa shape index (κ3) is 4.88. The molecule has 0 bridgehead atoms. The highest BCUT2D eigenvalue weighted by molar-refractivity contribution is 5.79. The van der Waals surface area contributed by atoms with Crippen LogP contribution in [0.4, 0.5) is 0 Å². The predicted molar refractivity (Wildman–Crippen MR) is 134 cm³/mol. The highest BCUT2D eigenvalue weighted by atomic mass is 16.5. The normalized spacial score (nSPS) is 22.0. The van der Waals surface area contributed by atoms with Crippen molar-refractivity contribution in [2.24, 2.45) is 0 Å². The maximum absolute atomic E-state index is 12.9. The molecule has 4 nitrogen and oxygen atoms in total. The standard InChI is InChI=1S/C30H33NO3/c1-21-8-9-22(2)25(18-21)10-13-26-14-17-28-30(34-20-29(32)31(26)28)24-11-15-27(16-12-24)33-19-23-6-4-3-5-7-23/h3-9,11-12,15-16,18,26,28,30H,10,13-14,17,19-20H2,1-2H3. The largest absolute Gasteiger partial charge is 0.489 e. The lowest BCUT2D eigenvalue weighted by molar-refractivity contribution is -0.157. The molecular weight excluding hydrogens is 422 g/mol. The van der Waals surface area contributed by atoms with Crippen molar-refractivity contribution in [3.63, 3.8) is 0 Å². The fraction of sp³-hybridized carbons (Fsp3) is 0.367. The third-order valence-corrected chi connectivity index (χ3v) is 7.28. The number of hydrogen-bond acceptors (Lipinski definition) is 3. The number of ether oxygens (including phenoxy) is 2. The van der Waals surface area contributed by atoms with E-state index in [0.717, 1.165) is 42.6 Å². The minimum Gasteiger partial charge on any atom is -0.489 e. The van der Waals surface area contributed by atoms with Gasteiger partial charge in [0.15, 0.2) is 0 Å². The highest BCUT2D eigenvalue weighted by Crippen LogP contribution is 2.40. The van der Waals surface area contributed by atoms with E-state index in [2.05, 4.69) is 61.2 Å². The fourth-order valence-corrected chi connectivity index (χ4v) is 5.43. The maximum Gasteiger partial charge on any atom is 0.249 e. The summed E-state index contributed by atoms with van der Waals surface area (Å²) >= 11 is 0. The van der Waals surface area contributed by atoms with Gasteiger partial charge in [-0.1, -0.05) is 66.2 Å². The van der Waals surface area contributed by atoms with Crippen LogP contribution in [-0.4, -0.2) is 29.5 Å². The monoisotopic (exact) mass is 455 g/mol. The van der Waals surface area contributed by atoms with E-state index >= 15 is 0 Å². The summed E-state index contributed by atoms with van der Waals surface area (Å²) in [5.41, 5.74) is 6.29. The molecule has 34 heavy (non-hydrogen) atoms. The van der Waals surface area contributed by atoms with Crippen LogP contribution in [0.5, 0.6) is 5.75 Å². The first-order valence-electron chi connectivity index (χ1n) is 12.3. The smallest absolute Gasteiger partial charge is 0.249 e. The Labute approximate surface area is 202 Å². The molecule has 0 spiro atoms. The SMILES string of the molecule is Cc1ccc(C)c(CCC2CCC3C(c4ccc(OCc5ccccc5)cc4)OCC(=O)N23)c1. The summed E-state index contributed by atoms with van der Waals surface area (Å²) in [6, 6.07) is 25.4. The minimum atomic E-state index is -0.0772. The Bertz CT molecular complexity index is 1130. The number of aryl methyl sites for hydroxylation is 3. The van der Waals surface area contributed by atoms with Crippen LogP contribution in [0, 0.1) is 13.8 Å². The third-order valence-electron chi connectivity index (χ3n) is 7.28. The molecule has 3 aromatic rings. The first-order chi connectivity index (χ1) is 16.6. The van der Waals surface area contributed by atoms with Crippen molar-refractivity contribution in [1.29, 1.82) is 0 Å². The first-order valence-corrected chi connectivity index (χ1v) is 12.3. The summed E-state index contributed by atoms with van der Waals surface area (Å²) in [7, 11) is 0. The van der Waals surface area contributed by atoms with Gasteiger partial charge in [-0.25, -0.2) is 0 Å². The summed E-state index contributed by atoms with van der Waals surface area (Å²) in [6.45, 7) is 5.03. The Balaban J connectivity index is 1.24. The molecule has 3 atom stereocenters. The molecule has 5 rings (SSSR count). The van der Waals surface area contributed by atoms with E-state index < -0.39 is 0 Å². The van der Waals surface area contributed by atoms with E-state index in [1.54, 1.807) is 0 Å². The predicted octanol–water partition coefficient (Wildman–Crippen LogP) is 5.95. The van der Waals surface area contributed by atoms with Gasteiger partial charge in [-0.2, -0.15) is 0 Å². The van der Waals surface area contributed by atoms with Crippen LogP contribution in [0.15, 0.2) is 72.8 Å². The molecule has 0 radical (unpaired) electrons. The molecule has 0 aliphatic carbocycles. The van der Waals surface area contributed by atoms with Crippen LogP contribution in [-0.2, 0) is 22.6 Å². The zero-order valence-electron chi connectivity index (χ0n) is 20.1. The number of amides is 1. The van der Waals surface area contributed by atoms with Crippen molar-refractivity contribution in [2.45, 2.75) is 64.3 Å². The zero-order chi connectivity index (χ0) is 23.5. The molecule has 2 heterocycles. The molecular formula is C30H33NO3. The molecule has 4 heteroatoms. The van der Waals surface area contributed by atoms with Gasteiger partial charge >= 0.3 is 0 Å². The van der Waals surface area contributed by atoms with E-state index in [4.69, 9.17) is 9.47 Å². The van der Waals surface area contributed by atoms with Crippen LogP contribution in [0.2, 0.25) is 0 Å². The van der Waals surface area contributed by atoms with Crippen LogP contribution in [0.25, 0.3) is 0 Å². The number of nitrogens with zero attached hydrogens (tertiary/aromatic N) is 1. The lowest BCUT2D eigenvalue weighted by Gasteiger charge is -2.39. The second-order valence-corrected chi connectivity index (χ2v) is 9.64. The van der Waals surface area contributed by atoms with E-state index in [1.165, 1.54) is 16.7 Å². The quantitative estimate of drug-likeness (QED) is 0.442. The summed E-state index contributed by atoms with van der Waals surface area (Å²) in [5.74, 6) is 0.974. The summed E-state index contributed by atoms with van der Waals surface area (Å²) in [4.78, 5) is 15.0. The van der Waals surface area contributed by atoms with Crippen LogP contribution < -0.4 is 4.74 Å². The Kier molecular flexibility index (Phi) is 6.68. The van der Waals surface area contributed by atoms with Crippen LogP contribution in [0.1, 0.15) is 53.2 Å². The van der Waals surface area contributed by atoms with Gasteiger partial charge < -0.3 is 14.4 Å². The van der Waals surface area contributed by atoms with Crippen molar-refractivity contribution in [3.8, 4) is 5.75 Å². The van der Waals surface area contributed by atoms with E-state index in [0.29, 0.717) is 6.61 Å². The highest BCUT2D eigenvalue weighted by Gasteiger charge is 2.45. The fourth-order valence-electron chi connectivity index (χ4n) is 5.43. The van der Waals surface area contributed by atoms with Crippen molar-refractivity contribution >= 4 is 5.91 Å². The summed E-state index contributed by atoms with van der Waals surface area (Å²) in [5, 5.41) is 0. The minimum absolute atomic E-state index is 0.0772. The second kappa shape index (κ2) is 10.0. The number of carbonyl (C=O) groups excluding carboxylic acids is 1. The van der Waals surface area contributed by atoms with Gasteiger partial charge in [0, 0.05) is 6.04 Å². The Morgan fingerprint density at radius 2 is 1.76 bits per heavy atom. The Hall–Kier alpha value is -3.11. The molecule has 0 N–H and O–H groups in total. The van der Waals surface area contributed by atoms with Crippen molar-refractivity contribution in [3.05, 3.63) is 101 Å². The van der Waals surface area contributed by atoms with Gasteiger partial charge in [-0.3, -0.25) is 4.79 Å². The van der Waals surface area contributed by atoms with Gasteiger partial charge in [-0.05, 0) is 73.9 Å². The van der Waals surface area contributed by atoms with E-state index in [9.17, 15) is 4.79 Å². The first kappa shape index (κ1) is 22.7. The number of rotatable bonds is 7. The van der Waals surface area contributed by atoms with Gasteiger partial charge in [0.05, 0.1) is 6.04 Å². The number of carbonyl (C=O) groups is 1. The van der Waals surface area contributed by atoms with Crippen LogP contribution in [0.3, 0.4) is 0 Å². The molecule has 2 aliphatic heterocycles. The summed E-state index contributed by atoms with van der Waals surface area (Å²) in [6.07, 6.45) is 3.96. The van der Waals surface area contributed by atoms with Gasteiger partial charge in [0.2, 0.25) is 5.91 Å². The lowest BCUT2D eigenvalue weighted by atomic mass is 9.98. The van der Waals surface area contributed by atoms with Crippen molar-refractivity contribution in [2.75, 3.05) is 6.61 Å². The Morgan fingerprint density at radius 3 is 2.56 bits per heavy atom. The van der Waals surface area contributed by atoms with Gasteiger partial charge in [0.25, 0.3) is 0 Å². The number of morpholine rings is 1.